The van der Waals surface area contributed by atoms with Gasteiger partial charge >= 0.3 is 10.2 Å². The lowest BCUT2D eigenvalue weighted by atomic mass is 9.82. The molecular formula is C22H28F5NOS. The van der Waals surface area contributed by atoms with Crippen LogP contribution in [-0.4, -0.2) is 12.6 Å². The molecule has 0 aromatic heterocycles. The van der Waals surface area contributed by atoms with Gasteiger partial charge in [0.15, 0.2) is 0 Å². The van der Waals surface area contributed by atoms with Crippen LogP contribution in [0.4, 0.5) is 19.4 Å². The largest absolute Gasteiger partial charge is 0.491 e. The second kappa shape index (κ2) is 7.71. The summed E-state index contributed by atoms with van der Waals surface area (Å²) >= 11 is 0. The van der Waals surface area contributed by atoms with Crippen molar-refractivity contribution in [1.82, 2.24) is 5.32 Å². The van der Waals surface area contributed by atoms with Crippen molar-refractivity contribution < 1.29 is 24.2 Å². The lowest BCUT2D eigenvalue weighted by Crippen LogP contribution is -2.34. The first kappa shape index (κ1) is 22.9. The summed E-state index contributed by atoms with van der Waals surface area (Å²) in [5, 5.41) is 3.49. The van der Waals surface area contributed by atoms with E-state index in [2.05, 4.69) is 5.32 Å². The Balaban J connectivity index is 1.86. The van der Waals surface area contributed by atoms with E-state index in [9.17, 15) is 19.4 Å². The third kappa shape index (κ3) is 5.88. The fraction of sp³-hybridized carbons (Fsp3) is 0.455. The monoisotopic (exact) mass is 449 g/mol. The molecule has 30 heavy (non-hydrogen) atoms. The summed E-state index contributed by atoms with van der Waals surface area (Å²) in [6.07, 6.45) is 2.43. The molecule has 0 bridgehead atoms. The first-order valence-corrected chi connectivity index (χ1v) is 12.1. The molecular weight excluding hydrogens is 421 g/mol. The van der Waals surface area contributed by atoms with E-state index in [0.717, 1.165) is 31.0 Å². The summed E-state index contributed by atoms with van der Waals surface area (Å²) in [6.45, 7) is 4.37. The third-order valence-corrected chi connectivity index (χ3v) is 6.52. The van der Waals surface area contributed by atoms with Crippen LogP contribution in [0.1, 0.15) is 50.3 Å². The van der Waals surface area contributed by atoms with E-state index >= 15 is 0 Å². The van der Waals surface area contributed by atoms with Crippen LogP contribution in [0.25, 0.3) is 0 Å². The summed E-state index contributed by atoms with van der Waals surface area (Å²) in [6, 6.07) is 12.0. The van der Waals surface area contributed by atoms with Gasteiger partial charge in [-0.15, -0.1) is 0 Å². The van der Waals surface area contributed by atoms with Gasteiger partial charge in [-0.25, -0.2) is 0 Å². The van der Waals surface area contributed by atoms with E-state index in [1.54, 1.807) is 13.8 Å². The smallest absolute Gasteiger partial charge is 0.310 e. The number of hydrogen-bond donors (Lipinski definition) is 1. The molecule has 0 spiro atoms. The van der Waals surface area contributed by atoms with Gasteiger partial charge in [0.05, 0.1) is 6.10 Å². The van der Waals surface area contributed by atoms with Crippen LogP contribution in [0, 0.1) is 5.92 Å². The van der Waals surface area contributed by atoms with E-state index in [-0.39, 0.29) is 35.8 Å². The number of piperidine rings is 1. The molecule has 2 aromatic carbocycles. The average Bonchev–Trinajstić information content (AvgIpc) is 2.66. The van der Waals surface area contributed by atoms with E-state index < -0.39 is 15.1 Å². The summed E-state index contributed by atoms with van der Waals surface area (Å²) in [7, 11) is -9.75. The van der Waals surface area contributed by atoms with Gasteiger partial charge in [-0.1, -0.05) is 49.8 Å². The fourth-order valence-electron chi connectivity index (χ4n) is 4.02. The normalized spacial score (nSPS) is 22.4. The fourth-order valence-corrected chi connectivity index (χ4v) is 4.71. The third-order valence-electron chi connectivity index (χ3n) is 5.37. The first-order chi connectivity index (χ1) is 13.8. The second-order valence-corrected chi connectivity index (χ2v) is 10.6. The molecule has 0 unspecified atom stereocenters. The molecule has 8 heteroatoms. The molecule has 1 fully saturated rings. The van der Waals surface area contributed by atoms with Gasteiger partial charge in [-0.3, -0.25) is 0 Å². The summed E-state index contributed by atoms with van der Waals surface area (Å²) in [4.78, 5) is -1.86. The molecule has 1 aliphatic rings. The lowest BCUT2D eigenvalue weighted by molar-refractivity contribution is 0.236. The molecule has 2 aromatic rings. The zero-order chi connectivity index (χ0) is 22.1. The maximum absolute atomic E-state index is 13.3. The topological polar surface area (TPSA) is 21.3 Å². The quantitative estimate of drug-likeness (QED) is 0.435. The maximum atomic E-state index is 13.3. The molecule has 0 saturated carbocycles. The molecule has 0 radical (unpaired) electrons. The number of aryl methyl sites for hydroxylation is 1. The molecule has 1 aliphatic heterocycles. The van der Waals surface area contributed by atoms with Crippen LogP contribution >= 0.6 is 10.2 Å². The van der Waals surface area contributed by atoms with E-state index in [1.165, 1.54) is 0 Å². The Morgan fingerprint density at radius 1 is 1.03 bits per heavy atom. The van der Waals surface area contributed by atoms with Crippen molar-refractivity contribution in [3.05, 3.63) is 59.7 Å². The number of ether oxygens (including phenoxy) is 1. The highest BCUT2D eigenvalue weighted by Crippen LogP contribution is 3.02. The van der Waals surface area contributed by atoms with Gasteiger partial charge in [0, 0.05) is 6.04 Å². The predicted octanol–water partition coefficient (Wildman–Crippen LogP) is 7.80. The minimum Gasteiger partial charge on any atom is -0.491 e. The van der Waals surface area contributed by atoms with Gasteiger partial charge in [0.25, 0.3) is 0 Å². The highest BCUT2D eigenvalue weighted by Gasteiger charge is 2.65. The van der Waals surface area contributed by atoms with E-state index in [1.807, 2.05) is 30.3 Å². The highest BCUT2D eigenvalue weighted by molar-refractivity contribution is 8.45. The van der Waals surface area contributed by atoms with Crippen LogP contribution in [0.2, 0.25) is 0 Å². The molecule has 0 amide bonds. The zero-order valence-electron chi connectivity index (χ0n) is 17.1. The van der Waals surface area contributed by atoms with Crippen LogP contribution in [0.5, 0.6) is 5.75 Å². The van der Waals surface area contributed by atoms with Crippen molar-refractivity contribution in [3.63, 3.8) is 0 Å². The Morgan fingerprint density at radius 2 is 1.73 bits per heavy atom. The maximum Gasteiger partial charge on any atom is 0.310 e. The second-order valence-electron chi connectivity index (χ2n) is 8.19. The summed E-state index contributed by atoms with van der Waals surface area (Å²) in [5.41, 5.74) is 1.30. The van der Waals surface area contributed by atoms with Gasteiger partial charge in [0.1, 0.15) is 10.6 Å². The van der Waals surface area contributed by atoms with Gasteiger partial charge in [-0.05, 0) is 81.3 Å². The predicted molar refractivity (Wildman–Crippen MR) is 112 cm³/mol. The standard InChI is InChI=1S/C22H28F5NOS/c1-16(2)29-21-13-12-20(30(23,24,25,26)27)15-19(21)11-10-18-9-6-14-28-22(18)17-7-4-3-5-8-17/h3-5,7-8,12-13,15-16,18,22,28H,6,9-11,14H2,1-2H3/t18-,22+/m1/s1. The average molecular weight is 450 g/mol. The minimum absolute atomic E-state index is 0.0909. The molecule has 0 aliphatic carbocycles. The van der Waals surface area contributed by atoms with Crippen molar-refractivity contribution >= 4 is 10.2 Å². The molecule has 1 N–H and O–H groups in total. The minimum atomic E-state index is -9.75. The molecule has 1 heterocycles. The molecule has 1 saturated heterocycles. The summed E-state index contributed by atoms with van der Waals surface area (Å²) in [5.74, 6) is 0.423. The zero-order valence-corrected chi connectivity index (χ0v) is 17.9. The highest BCUT2D eigenvalue weighted by atomic mass is 32.5. The van der Waals surface area contributed by atoms with Crippen LogP contribution < -0.4 is 10.1 Å². The Hall–Kier alpha value is -1.80. The Labute approximate surface area is 174 Å². The van der Waals surface area contributed by atoms with Crippen LogP contribution in [-0.2, 0) is 6.42 Å². The van der Waals surface area contributed by atoms with Crippen molar-refractivity contribution in [3.8, 4) is 5.75 Å². The Bertz CT molecular complexity index is 871. The SMILES string of the molecule is CC(C)Oc1ccc(S(F)(F)(F)(F)F)cc1CC[C@H]1CCCN[C@H]1c1ccccc1. The number of rotatable bonds is 7. The number of benzene rings is 2. The molecule has 2 nitrogen and oxygen atoms in total. The van der Waals surface area contributed by atoms with Crippen molar-refractivity contribution in [2.24, 2.45) is 5.92 Å². The van der Waals surface area contributed by atoms with E-state index in [0.29, 0.717) is 18.6 Å². The van der Waals surface area contributed by atoms with Crippen LogP contribution in [0.15, 0.2) is 53.4 Å². The lowest BCUT2D eigenvalue weighted by Gasteiger charge is -2.41. The van der Waals surface area contributed by atoms with Gasteiger partial charge in [0.2, 0.25) is 0 Å². The van der Waals surface area contributed by atoms with Gasteiger partial charge in [-0.2, -0.15) is 0 Å². The Kier molecular flexibility index (Phi) is 5.88. The number of halogens is 5. The molecule has 3 rings (SSSR count). The van der Waals surface area contributed by atoms with Crippen molar-refractivity contribution in [2.45, 2.75) is 56.6 Å². The summed E-state index contributed by atoms with van der Waals surface area (Å²) < 4.78 is 72.4. The molecule has 2 atom stereocenters. The van der Waals surface area contributed by atoms with Crippen molar-refractivity contribution in [1.29, 1.82) is 0 Å². The first-order valence-electron chi connectivity index (χ1n) is 10.2. The van der Waals surface area contributed by atoms with E-state index in [4.69, 9.17) is 4.74 Å². The molecule has 168 valence electrons. The number of nitrogens with one attached hydrogen (secondary N) is 1. The van der Waals surface area contributed by atoms with Gasteiger partial charge < -0.3 is 10.1 Å². The van der Waals surface area contributed by atoms with Crippen LogP contribution in [0.3, 0.4) is 0 Å². The number of hydrogen-bond acceptors (Lipinski definition) is 2. The Morgan fingerprint density at radius 3 is 2.37 bits per heavy atom. The van der Waals surface area contributed by atoms with Crippen molar-refractivity contribution in [2.75, 3.05) is 6.54 Å².